The molecule has 2 atom stereocenters. The molecule has 1 amide bonds. The Kier molecular flexibility index (Phi) is 5.70. The Morgan fingerprint density at radius 2 is 1.72 bits per heavy atom. The maximum Gasteiger partial charge on any atom is 0.317 e. The van der Waals surface area contributed by atoms with Gasteiger partial charge >= 0.3 is 5.97 Å². The summed E-state index contributed by atoms with van der Waals surface area (Å²) in [5, 5.41) is 0. The van der Waals surface area contributed by atoms with Gasteiger partial charge in [-0.2, -0.15) is 0 Å². The van der Waals surface area contributed by atoms with Gasteiger partial charge in [-0.3, -0.25) is 9.59 Å². The zero-order valence-electron chi connectivity index (χ0n) is 17.4. The van der Waals surface area contributed by atoms with Crippen LogP contribution < -0.4 is 9.47 Å². The molecule has 1 aromatic rings. The largest absolute Gasteiger partial charge is 0.486 e. The smallest absolute Gasteiger partial charge is 0.317 e. The summed E-state index contributed by atoms with van der Waals surface area (Å²) < 4.78 is 16.9. The van der Waals surface area contributed by atoms with Crippen LogP contribution >= 0.6 is 0 Å². The summed E-state index contributed by atoms with van der Waals surface area (Å²) in [4.78, 5) is 27.7. The van der Waals surface area contributed by atoms with E-state index in [-0.39, 0.29) is 18.5 Å². The number of carbonyl (C=O) groups is 2. The number of nitrogens with zero attached hydrogens (tertiary/aromatic N) is 1. The number of benzene rings is 1. The molecular weight excluding hydrogens is 370 g/mol. The van der Waals surface area contributed by atoms with Crippen molar-refractivity contribution in [2.45, 2.75) is 51.4 Å². The van der Waals surface area contributed by atoms with E-state index in [0.29, 0.717) is 36.5 Å². The first-order chi connectivity index (χ1) is 14.0. The predicted molar refractivity (Wildman–Crippen MR) is 108 cm³/mol. The van der Waals surface area contributed by atoms with E-state index in [1.54, 1.807) is 0 Å². The molecule has 1 saturated heterocycles. The quantitative estimate of drug-likeness (QED) is 0.724. The van der Waals surface area contributed by atoms with Gasteiger partial charge in [0.05, 0.1) is 5.41 Å². The predicted octanol–water partition coefficient (Wildman–Crippen LogP) is 3.32. The van der Waals surface area contributed by atoms with Crippen molar-refractivity contribution in [3.63, 3.8) is 0 Å². The highest BCUT2D eigenvalue weighted by molar-refractivity contribution is 5.87. The molecule has 6 heteroatoms. The van der Waals surface area contributed by atoms with Crippen LogP contribution in [0.2, 0.25) is 0 Å². The van der Waals surface area contributed by atoms with Crippen LogP contribution in [0.25, 0.3) is 0 Å². The first-order valence-corrected chi connectivity index (χ1v) is 10.8. The van der Waals surface area contributed by atoms with Crippen molar-refractivity contribution in [1.29, 1.82) is 0 Å². The zero-order chi connectivity index (χ0) is 20.4. The molecule has 0 N–H and O–H groups in total. The van der Waals surface area contributed by atoms with Crippen LogP contribution in [0.4, 0.5) is 0 Å². The summed E-state index contributed by atoms with van der Waals surface area (Å²) in [7, 11) is 0. The molecular formula is C23H31NO5. The molecule has 4 rings (SSSR count). The molecule has 0 bridgehead atoms. The molecule has 3 aliphatic rings. The van der Waals surface area contributed by atoms with Gasteiger partial charge in [0.1, 0.15) is 13.2 Å². The second-order valence-electron chi connectivity index (χ2n) is 8.97. The van der Waals surface area contributed by atoms with Crippen molar-refractivity contribution in [3.8, 4) is 11.5 Å². The zero-order valence-corrected chi connectivity index (χ0v) is 17.4. The Hall–Kier alpha value is -2.24. The summed E-state index contributed by atoms with van der Waals surface area (Å²) in [5.74, 6) is 1.98. The van der Waals surface area contributed by atoms with Gasteiger partial charge in [0.15, 0.2) is 18.1 Å². The minimum absolute atomic E-state index is 0.0907. The Morgan fingerprint density at radius 3 is 2.41 bits per heavy atom. The molecule has 6 nitrogen and oxygen atoms in total. The minimum atomic E-state index is -0.696. The second kappa shape index (κ2) is 8.25. The van der Waals surface area contributed by atoms with E-state index in [4.69, 9.17) is 14.2 Å². The molecule has 2 unspecified atom stereocenters. The fraction of sp³-hybridized carbons (Fsp3) is 0.652. The maximum absolute atomic E-state index is 13.2. The van der Waals surface area contributed by atoms with Crippen LogP contribution in [0, 0.1) is 11.8 Å². The number of fused-ring (bicyclic) bond motifs is 1. The average molecular weight is 402 g/mol. The molecule has 29 heavy (non-hydrogen) atoms. The van der Waals surface area contributed by atoms with Gasteiger partial charge in [-0.1, -0.05) is 32.8 Å². The lowest BCUT2D eigenvalue weighted by Gasteiger charge is -2.35. The SMILES string of the molecule is CC1CC(C)CN(C(=O)COC(=O)C2(c3ccc4c(c3)OCCO4)CCCC2)C1. The molecule has 0 radical (unpaired) electrons. The molecule has 1 aromatic carbocycles. The highest BCUT2D eigenvalue weighted by Crippen LogP contribution is 2.45. The van der Waals surface area contributed by atoms with E-state index >= 15 is 0 Å². The number of rotatable bonds is 4. The van der Waals surface area contributed by atoms with Gasteiger partial charge in [-0.25, -0.2) is 0 Å². The Morgan fingerprint density at radius 1 is 1.07 bits per heavy atom. The van der Waals surface area contributed by atoms with Crippen molar-refractivity contribution >= 4 is 11.9 Å². The van der Waals surface area contributed by atoms with Crippen LogP contribution in [0.1, 0.15) is 51.5 Å². The minimum Gasteiger partial charge on any atom is -0.486 e. The first kappa shape index (κ1) is 20.0. The van der Waals surface area contributed by atoms with E-state index in [1.807, 2.05) is 23.1 Å². The Balaban J connectivity index is 1.46. The number of likely N-dealkylation sites (tertiary alicyclic amines) is 1. The molecule has 2 heterocycles. The van der Waals surface area contributed by atoms with Gasteiger partial charge in [0, 0.05) is 13.1 Å². The van der Waals surface area contributed by atoms with E-state index in [9.17, 15) is 9.59 Å². The van der Waals surface area contributed by atoms with Crippen LogP contribution in [-0.2, 0) is 19.7 Å². The summed E-state index contributed by atoms with van der Waals surface area (Å²) in [6, 6.07) is 5.73. The number of ether oxygens (including phenoxy) is 3. The number of carbonyl (C=O) groups excluding carboxylic acids is 2. The van der Waals surface area contributed by atoms with Crippen LogP contribution in [0.3, 0.4) is 0 Å². The normalized spacial score (nSPS) is 25.5. The third-order valence-corrected chi connectivity index (χ3v) is 6.49. The van der Waals surface area contributed by atoms with Gasteiger partial charge in [-0.05, 0) is 48.8 Å². The van der Waals surface area contributed by atoms with Crippen LogP contribution in [0.5, 0.6) is 11.5 Å². The van der Waals surface area contributed by atoms with Gasteiger partial charge in [0.25, 0.3) is 5.91 Å². The van der Waals surface area contributed by atoms with Crippen LogP contribution in [0.15, 0.2) is 18.2 Å². The average Bonchev–Trinajstić information content (AvgIpc) is 3.22. The number of piperidine rings is 1. The van der Waals surface area contributed by atoms with Crippen molar-refractivity contribution in [3.05, 3.63) is 23.8 Å². The van der Waals surface area contributed by atoms with Crippen molar-refractivity contribution in [2.24, 2.45) is 11.8 Å². The monoisotopic (exact) mass is 401 g/mol. The molecule has 1 aliphatic carbocycles. The molecule has 0 spiro atoms. The number of hydrogen-bond donors (Lipinski definition) is 0. The Labute approximate surface area is 172 Å². The maximum atomic E-state index is 13.2. The Bertz CT molecular complexity index is 761. The molecule has 158 valence electrons. The van der Waals surface area contributed by atoms with Crippen LogP contribution in [-0.4, -0.2) is 49.7 Å². The lowest BCUT2D eigenvalue weighted by molar-refractivity contribution is -0.158. The van der Waals surface area contributed by atoms with E-state index in [1.165, 1.54) is 0 Å². The van der Waals surface area contributed by atoms with E-state index in [2.05, 4.69) is 13.8 Å². The summed E-state index contributed by atoms with van der Waals surface area (Å²) >= 11 is 0. The molecule has 2 aliphatic heterocycles. The van der Waals surface area contributed by atoms with E-state index in [0.717, 1.165) is 50.8 Å². The van der Waals surface area contributed by atoms with Gasteiger partial charge < -0.3 is 19.1 Å². The lowest BCUT2D eigenvalue weighted by atomic mass is 9.78. The number of amides is 1. The fourth-order valence-electron chi connectivity index (χ4n) is 5.15. The number of hydrogen-bond acceptors (Lipinski definition) is 5. The van der Waals surface area contributed by atoms with E-state index < -0.39 is 5.41 Å². The topological polar surface area (TPSA) is 65.1 Å². The molecule has 0 aromatic heterocycles. The van der Waals surface area contributed by atoms with Gasteiger partial charge in [-0.15, -0.1) is 0 Å². The standard InChI is InChI=1S/C23H31NO5/c1-16-11-17(2)14-24(13-16)21(25)15-29-22(26)23(7-3-4-8-23)18-5-6-19-20(12-18)28-10-9-27-19/h5-6,12,16-17H,3-4,7-11,13-15H2,1-2H3. The second-order valence-corrected chi connectivity index (χ2v) is 8.97. The lowest BCUT2D eigenvalue weighted by Crippen LogP contribution is -2.45. The van der Waals surface area contributed by atoms with Gasteiger partial charge in [0.2, 0.25) is 0 Å². The highest BCUT2D eigenvalue weighted by Gasteiger charge is 2.45. The van der Waals surface area contributed by atoms with Crippen molar-refractivity contribution in [1.82, 2.24) is 4.90 Å². The summed E-state index contributed by atoms with van der Waals surface area (Å²) in [6.45, 7) is 6.69. The first-order valence-electron chi connectivity index (χ1n) is 10.8. The van der Waals surface area contributed by atoms with Crippen molar-refractivity contribution in [2.75, 3.05) is 32.9 Å². The highest BCUT2D eigenvalue weighted by atomic mass is 16.6. The molecule has 2 fully saturated rings. The van der Waals surface area contributed by atoms with Crippen molar-refractivity contribution < 1.29 is 23.8 Å². The number of esters is 1. The third-order valence-electron chi connectivity index (χ3n) is 6.49. The fourth-order valence-corrected chi connectivity index (χ4v) is 5.15. The summed E-state index contributed by atoms with van der Waals surface area (Å²) in [5.41, 5.74) is 0.204. The summed E-state index contributed by atoms with van der Waals surface area (Å²) in [6.07, 6.45) is 4.54. The third kappa shape index (κ3) is 4.07. The molecule has 1 saturated carbocycles.